The molecule has 1 saturated heterocycles. The number of rotatable bonds is 4. The maximum absolute atomic E-state index is 13.1. The third-order valence-electron chi connectivity index (χ3n) is 4.09. The number of nitrogens with zero attached hydrogens (tertiary/aromatic N) is 2. The summed E-state index contributed by atoms with van der Waals surface area (Å²) in [5, 5.41) is 13.1. The van der Waals surface area contributed by atoms with Gasteiger partial charge in [-0.25, -0.2) is 0 Å². The minimum absolute atomic E-state index is 0.354. The lowest BCUT2D eigenvalue weighted by Gasteiger charge is -2.29. The van der Waals surface area contributed by atoms with Crippen molar-refractivity contribution < 1.29 is 9.48 Å². The molecule has 0 aliphatic carbocycles. The number of hydrogen-bond donors (Lipinski definition) is 0. The molecule has 1 aliphatic heterocycles. The fourth-order valence-electron chi connectivity index (χ4n) is 2.97. The minimum Gasteiger partial charge on any atom is -0.622 e. The maximum atomic E-state index is 13.1. The highest BCUT2D eigenvalue weighted by Crippen LogP contribution is 2.43. The molecule has 0 saturated carbocycles. The van der Waals surface area contributed by atoms with Gasteiger partial charge in [0.25, 0.3) is 6.17 Å². The molecular weight excluding hydrogens is 352 g/mol. The van der Waals surface area contributed by atoms with E-state index in [2.05, 4.69) is 0 Å². The van der Waals surface area contributed by atoms with Gasteiger partial charge in [0.1, 0.15) is 14.8 Å². The molecule has 0 N–H and O–H groups in total. The summed E-state index contributed by atoms with van der Waals surface area (Å²) in [5.41, 5.74) is 1.66. The SMILES string of the molecule is COc1ccccc1C=[N+]([O-])[C@@H]1N(c2ccccc2)C(=S)SC1(C)C. The monoisotopic (exact) mass is 372 g/mol. The van der Waals surface area contributed by atoms with Crippen molar-refractivity contribution in [3.63, 3.8) is 0 Å². The molecule has 0 amide bonds. The minimum atomic E-state index is -0.447. The molecule has 0 unspecified atom stereocenters. The Bertz CT molecular complexity index is 806. The highest BCUT2D eigenvalue weighted by Gasteiger charge is 2.51. The van der Waals surface area contributed by atoms with Gasteiger partial charge in [-0.05, 0) is 38.1 Å². The molecule has 0 aromatic heterocycles. The predicted molar refractivity (Wildman–Crippen MR) is 109 cm³/mol. The number of thiocarbonyl (C=S) groups is 1. The number of methoxy groups -OCH3 is 1. The third kappa shape index (κ3) is 3.50. The topological polar surface area (TPSA) is 38.5 Å². The predicted octanol–water partition coefficient (Wildman–Crippen LogP) is 4.27. The molecule has 0 radical (unpaired) electrons. The number of para-hydroxylation sites is 2. The normalized spacial score (nSPS) is 20.0. The molecule has 130 valence electrons. The Balaban J connectivity index is 2.05. The standard InChI is InChI=1S/C19H20N2O2S2/c1-19(2)17(20(22)13-14-9-7-8-12-16(14)23-3)21(18(24)25-19)15-10-5-4-6-11-15/h4-13,17H,1-3H3/t17-/m1/s1. The van der Waals surface area contributed by atoms with Crippen LogP contribution in [-0.4, -0.2) is 33.3 Å². The number of hydroxylamine groups is 1. The largest absolute Gasteiger partial charge is 0.622 e. The van der Waals surface area contributed by atoms with E-state index in [4.69, 9.17) is 17.0 Å². The van der Waals surface area contributed by atoms with Gasteiger partial charge in [0, 0.05) is 5.69 Å². The van der Waals surface area contributed by atoms with Gasteiger partial charge in [-0.15, -0.1) is 0 Å². The zero-order valence-electron chi connectivity index (χ0n) is 14.4. The van der Waals surface area contributed by atoms with Crippen molar-refractivity contribution >= 4 is 40.2 Å². The lowest BCUT2D eigenvalue weighted by molar-refractivity contribution is -0.497. The quantitative estimate of drug-likeness (QED) is 0.263. The lowest BCUT2D eigenvalue weighted by atomic mass is 10.1. The summed E-state index contributed by atoms with van der Waals surface area (Å²) in [6.07, 6.45) is 1.13. The van der Waals surface area contributed by atoms with Crippen molar-refractivity contribution in [2.24, 2.45) is 0 Å². The molecule has 2 aromatic carbocycles. The number of thioether (sulfide) groups is 1. The first-order valence-corrected chi connectivity index (χ1v) is 9.17. The first-order valence-electron chi connectivity index (χ1n) is 7.94. The van der Waals surface area contributed by atoms with Gasteiger partial charge in [0.15, 0.2) is 6.21 Å². The summed E-state index contributed by atoms with van der Waals surface area (Å²) >= 11 is 7.11. The van der Waals surface area contributed by atoms with Crippen LogP contribution in [0.4, 0.5) is 5.69 Å². The van der Waals surface area contributed by atoms with Crippen LogP contribution in [0, 0.1) is 5.21 Å². The highest BCUT2D eigenvalue weighted by molar-refractivity contribution is 8.24. The Labute approximate surface area is 157 Å². The summed E-state index contributed by atoms with van der Waals surface area (Å²) in [6.45, 7) is 4.08. The van der Waals surface area contributed by atoms with Gasteiger partial charge in [0.2, 0.25) is 0 Å². The van der Waals surface area contributed by atoms with Crippen LogP contribution < -0.4 is 9.64 Å². The molecule has 25 heavy (non-hydrogen) atoms. The highest BCUT2D eigenvalue weighted by atomic mass is 32.2. The van der Waals surface area contributed by atoms with Crippen LogP contribution in [0.15, 0.2) is 54.6 Å². The Morgan fingerprint density at radius 1 is 1.16 bits per heavy atom. The smallest absolute Gasteiger partial charge is 0.258 e. The van der Waals surface area contributed by atoms with Crippen LogP contribution in [-0.2, 0) is 0 Å². The first-order chi connectivity index (χ1) is 11.9. The Morgan fingerprint density at radius 2 is 1.80 bits per heavy atom. The number of ether oxygens (including phenoxy) is 1. The molecule has 1 atom stereocenters. The van der Waals surface area contributed by atoms with Gasteiger partial charge in [-0.1, -0.05) is 54.3 Å². The van der Waals surface area contributed by atoms with E-state index in [1.54, 1.807) is 25.1 Å². The van der Waals surface area contributed by atoms with Gasteiger partial charge >= 0.3 is 0 Å². The molecule has 2 aromatic rings. The van der Waals surface area contributed by atoms with E-state index >= 15 is 0 Å². The van der Waals surface area contributed by atoms with Crippen LogP contribution in [0.2, 0.25) is 0 Å². The second kappa shape index (κ2) is 7.06. The van der Waals surface area contributed by atoms with E-state index in [0.717, 1.165) is 16.0 Å². The van der Waals surface area contributed by atoms with Crippen LogP contribution in [0.25, 0.3) is 0 Å². The number of benzene rings is 2. The maximum Gasteiger partial charge on any atom is 0.258 e. The van der Waals surface area contributed by atoms with E-state index in [0.29, 0.717) is 10.1 Å². The summed E-state index contributed by atoms with van der Waals surface area (Å²) in [5.74, 6) is 0.667. The fourth-order valence-corrected chi connectivity index (χ4v) is 4.89. The number of hydrogen-bond acceptors (Lipinski definition) is 4. The second-order valence-electron chi connectivity index (χ2n) is 6.28. The Hall–Kier alpha value is -2.05. The summed E-state index contributed by atoms with van der Waals surface area (Å²) in [6, 6.07) is 17.3. The molecule has 0 bridgehead atoms. The van der Waals surface area contributed by atoms with Crippen LogP contribution in [0.3, 0.4) is 0 Å². The van der Waals surface area contributed by atoms with Crippen LogP contribution in [0.1, 0.15) is 19.4 Å². The van der Waals surface area contributed by atoms with Crippen molar-refractivity contribution in [2.75, 3.05) is 12.0 Å². The zero-order valence-corrected chi connectivity index (χ0v) is 16.0. The Morgan fingerprint density at radius 3 is 2.48 bits per heavy atom. The third-order valence-corrected chi connectivity index (χ3v) is 5.65. The van der Waals surface area contributed by atoms with Crippen LogP contribution in [0.5, 0.6) is 5.75 Å². The van der Waals surface area contributed by atoms with Gasteiger partial charge in [-0.3, -0.25) is 4.90 Å². The molecule has 1 fully saturated rings. The van der Waals surface area contributed by atoms with E-state index in [9.17, 15) is 5.21 Å². The lowest BCUT2D eigenvalue weighted by Crippen LogP contribution is -2.48. The fraction of sp³-hybridized carbons (Fsp3) is 0.263. The van der Waals surface area contributed by atoms with E-state index in [1.807, 2.05) is 73.3 Å². The Kier molecular flexibility index (Phi) is 5.01. The van der Waals surface area contributed by atoms with Crippen molar-refractivity contribution in [3.05, 3.63) is 65.4 Å². The zero-order chi connectivity index (χ0) is 18.0. The van der Waals surface area contributed by atoms with E-state index < -0.39 is 6.17 Å². The molecule has 4 nitrogen and oxygen atoms in total. The van der Waals surface area contributed by atoms with Crippen molar-refractivity contribution in [3.8, 4) is 5.75 Å². The summed E-state index contributed by atoms with van der Waals surface area (Å²) in [4.78, 5) is 1.93. The summed E-state index contributed by atoms with van der Waals surface area (Å²) < 4.78 is 6.69. The molecule has 1 aliphatic rings. The number of anilines is 1. The molecule has 3 rings (SSSR count). The van der Waals surface area contributed by atoms with Gasteiger partial charge in [-0.2, -0.15) is 4.74 Å². The van der Waals surface area contributed by atoms with Crippen molar-refractivity contribution in [2.45, 2.75) is 24.8 Å². The molecule has 1 heterocycles. The van der Waals surface area contributed by atoms with E-state index in [1.165, 1.54) is 0 Å². The van der Waals surface area contributed by atoms with Gasteiger partial charge in [0.05, 0.1) is 12.7 Å². The van der Waals surface area contributed by atoms with Crippen LogP contribution >= 0.6 is 24.0 Å². The van der Waals surface area contributed by atoms with Crippen molar-refractivity contribution in [1.82, 2.24) is 0 Å². The average Bonchev–Trinajstić information content (AvgIpc) is 2.84. The molecule has 6 heteroatoms. The van der Waals surface area contributed by atoms with Crippen molar-refractivity contribution in [1.29, 1.82) is 0 Å². The van der Waals surface area contributed by atoms with Gasteiger partial charge < -0.3 is 9.94 Å². The summed E-state index contributed by atoms with van der Waals surface area (Å²) in [7, 11) is 1.60. The first kappa shape index (κ1) is 17.8. The van der Waals surface area contributed by atoms with E-state index in [-0.39, 0.29) is 4.75 Å². The second-order valence-corrected chi connectivity index (χ2v) is 8.57. The molecule has 0 spiro atoms. The average molecular weight is 373 g/mol. The molecular formula is C19H20N2O2S2.